The van der Waals surface area contributed by atoms with Crippen molar-refractivity contribution in [1.82, 2.24) is 5.32 Å². The van der Waals surface area contributed by atoms with Gasteiger partial charge in [-0.25, -0.2) is 0 Å². The molecule has 28 heavy (non-hydrogen) atoms. The second kappa shape index (κ2) is 8.35. The lowest BCUT2D eigenvalue weighted by atomic mass is 10.1. The van der Waals surface area contributed by atoms with Gasteiger partial charge in [0.2, 0.25) is 0 Å². The predicted molar refractivity (Wildman–Crippen MR) is 114 cm³/mol. The molecule has 2 aromatic carbocycles. The van der Waals surface area contributed by atoms with Crippen molar-refractivity contribution < 1.29 is 14.3 Å². The van der Waals surface area contributed by atoms with Gasteiger partial charge in [0.25, 0.3) is 11.8 Å². The van der Waals surface area contributed by atoms with E-state index < -0.39 is 11.8 Å². The standard InChI is InChI=1S/C22H22N2O3S/c1-4-9-27-18-7-5-16(6-8-18)13-19-20(25)23-22(28)24(21(19)26)17-11-14(2)10-15(3)12-17/h5-8,10-13H,4,9H2,1-3H3,(H,23,25,28)/b19-13+. The maximum absolute atomic E-state index is 13.1. The van der Waals surface area contributed by atoms with Gasteiger partial charge in [-0.05, 0) is 79.5 Å². The van der Waals surface area contributed by atoms with E-state index in [1.807, 2.05) is 63.2 Å². The molecule has 0 aliphatic carbocycles. The molecule has 3 rings (SSSR count). The Labute approximate surface area is 170 Å². The number of aryl methyl sites for hydroxylation is 2. The average Bonchev–Trinajstić information content (AvgIpc) is 2.63. The predicted octanol–water partition coefficient (Wildman–Crippen LogP) is 3.92. The molecule has 1 saturated heterocycles. The minimum absolute atomic E-state index is 0.0370. The molecule has 0 unspecified atom stereocenters. The molecule has 1 aliphatic rings. The molecular weight excluding hydrogens is 372 g/mol. The number of benzene rings is 2. The summed E-state index contributed by atoms with van der Waals surface area (Å²) < 4.78 is 5.56. The Bertz CT molecular complexity index is 944. The maximum Gasteiger partial charge on any atom is 0.270 e. The molecular formula is C22H22N2O3S. The first-order valence-corrected chi connectivity index (χ1v) is 9.52. The van der Waals surface area contributed by atoms with Gasteiger partial charge < -0.3 is 4.74 Å². The van der Waals surface area contributed by atoms with Crippen LogP contribution in [0.4, 0.5) is 5.69 Å². The van der Waals surface area contributed by atoms with E-state index in [-0.39, 0.29) is 10.7 Å². The molecule has 0 atom stereocenters. The summed E-state index contributed by atoms with van der Waals surface area (Å²) >= 11 is 5.25. The molecule has 144 valence electrons. The average molecular weight is 394 g/mol. The largest absolute Gasteiger partial charge is 0.494 e. The minimum atomic E-state index is -0.498. The lowest BCUT2D eigenvalue weighted by molar-refractivity contribution is -0.122. The third-order valence-corrected chi connectivity index (χ3v) is 4.51. The molecule has 1 heterocycles. The van der Waals surface area contributed by atoms with Gasteiger partial charge in [-0.15, -0.1) is 0 Å². The quantitative estimate of drug-likeness (QED) is 0.474. The second-order valence-electron chi connectivity index (χ2n) is 6.72. The van der Waals surface area contributed by atoms with Crippen LogP contribution in [0.3, 0.4) is 0 Å². The highest BCUT2D eigenvalue weighted by atomic mass is 32.1. The van der Waals surface area contributed by atoms with E-state index in [2.05, 4.69) is 5.32 Å². The number of amides is 2. The molecule has 0 saturated carbocycles. The van der Waals surface area contributed by atoms with Crippen molar-refractivity contribution in [3.63, 3.8) is 0 Å². The van der Waals surface area contributed by atoms with Gasteiger partial charge in [0.05, 0.1) is 12.3 Å². The molecule has 0 radical (unpaired) electrons. The van der Waals surface area contributed by atoms with Crippen LogP contribution in [0.2, 0.25) is 0 Å². The van der Waals surface area contributed by atoms with E-state index in [1.165, 1.54) is 4.90 Å². The normalized spacial score (nSPS) is 15.8. The maximum atomic E-state index is 13.1. The van der Waals surface area contributed by atoms with Gasteiger partial charge in [-0.1, -0.05) is 25.1 Å². The lowest BCUT2D eigenvalue weighted by Crippen LogP contribution is -2.54. The van der Waals surface area contributed by atoms with Crippen molar-refractivity contribution in [3.8, 4) is 5.75 Å². The van der Waals surface area contributed by atoms with Gasteiger partial charge in [-0.3, -0.25) is 19.8 Å². The van der Waals surface area contributed by atoms with E-state index in [9.17, 15) is 9.59 Å². The molecule has 1 N–H and O–H groups in total. The van der Waals surface area contributed by atoms with Crippen LogP contribution in [-0.2, 0) is 9.59 Å². The highest BCUT2D eigenvalue weighted by molar-refractivity contribution is 7.80. The molecule has 5 nitrogen and oxygen atoms in total. The Morgan fingerprint density at radius 1 is 1.07 bits per heavy atom. The summed E-state index contributed by atoms with van der Waals surface area (Å²) in [5, 5.41) is 2.70. The molecule has 0 spiro atoms. The fourth-order valence-electron chi connectivity index (χ4n) is 3.02. The van der Waals surface area contributed by atoms with Crippen molar-refractivity contribution in [3.05, 3.63) is 64.7 Å². The third-order valence-electron chi connectivity index (χ3n) is 4.23. The lowest BCUT2D eigenvalue weighted by Gasteiger charge is -2.29. The summed E-state index contributed by atoms with van der Waals surface area (Å²) in [6, 6.07) is 13.0. The van der Waals surface area contributed by atoms with Gasteiger partial charge in [-0.2, -0.15) is 0 Å². The van der Waals surface area contributed by atoms with E-state index in [4.69, 9.17) is 17.0 Å². The Hall–Kier alpha value is -2.99. The van der Waals surface area contributed by atoms with Crippen molar-refractivity contribution >= 4 is 40.9 Å². The Morgan fingerprint density at radius 3 is 2.32 bits per heavy atom. The summed E-state index contributed by atoms with van der Waals surface area (Å²) in [6.45, 7) is 6.58. The number of thiocarbonyl (C=S) groups is 1. The highest BCUT2D eigenvalue weighted by Gasteiger charge is 2.34. The summed E-state index contributed by atoms with van der Waals surface area (Å²) in [5.74, 6) is -0.187. The number of rotatable bonds is 5. The van der Waals surface area contributed by atoms with Crippen molar-refractivity contribution in [1.29, 1.82) is 0 Å². The van der Waals surface area contributed by atoms with Crippen molar-refractivity contribution in [2.24, 2.45) is 0 Å². The molecule has 2 aromatic rings. The summed E-state index contributed by atoms with van der Waals surface area (Å²) in [7, 11) is 0. The topological polar surface area (TPSA) is 58.6 Å². The third kappa shape index (κ3) is 4.28. The molecule has 1 aliphatic heterocycles. The van der Waals surface area contributed by atoms with Crippen LogP contribution in [0.15, 0.2) is 48.0 Å². The first-order valence-electron chi connectivity index (χ1n) is 9.11. The number of nitrogens with one attached hydrogen (secondary N) is 1. The zero-order valence-corrected chi connectivity index (χ0v) is 16.9. The van der Waals surface area contributed by atoms with E-state index in [0.717, 1.165) is 28.9 Å². The molecule has 6 heteroatoms. The Balaban J connectivity index is 1.92. The van der Waals surface area contributed by atoms with Crippen LogP contribution in [0.25, 0.3) is 6.08 Å². The van der Waals surface area contributed by atoms with Gasteiger partial charge in [0.15, 0.2) is 5.11 Å². The monoisotopic (exact) mass is 394 g/mol. The number of hydrogen-bond donors (Lipinski definition) is 1. The van der Waals surface area contributed by atoms with Crippen LogP contribution in [0, 0.1) is 13.8 Å². The van der Waals surface area contributed by atoms with Crippen LogP contribution in [-0.4, -0.2) is 23.5 Å². The van der Waals surface area contributed by atoms with Crippen molar-refractivity contribution in [2.45, 2.75) is 27.2 Å². The zero-order chi connectivity index (χ0) is 20.3. The number of ether oxygens (including phenoxy) is 1. The summed E-state index contributed by atoms with van der Waals surface area (Å²) in [4.78, 5) is 26.8. The molecule has 1 fully saturated rings. The summed E-state index contributed by atoms with van der Waals surface area (Å²) in [6.07, 6.45) is 2.49. The smallest absolute Gasteiger partial charge is 0.270 e. The summed E-state index contributed by atoms with van der Waals surface area (Å²) in [5.41, 5.74) is 3.43. The molecule has 0 aromatic heterocycles. The molecule has 2 amide bonds. The fourth-order valence-corrected chi connectivity index (χ4v) is 3.30. The fraction of sp³-hybridized carbons (Fsp3) is 0.227. The number of hydrogen-bond acceptors (Lipinski definition) is 4. The van der Waals surface area contributed by atoms with Crippen LogP contribution in [0.5, 0.6) is 5.75 Å². The van der Waals surface area contributed by atoms with Gasteiger partial charge in [0, 0.05) is 0 Å². The number of nitrogens with zero attached hydrogens (tertiary/aromatic N) is 1. The van der Waals surface area contributed by atoms with Crippen LogP contribution in [0.1, 0.15) is 30.0 Å². The van der Waals surface area contributed by atoms with Gasteiger partial charge in [0.1, 0.15) is 11.3 Å². The van der Waals surface area contributed by atoms with Crippen LogP contribution < -0.4 is 15.0 Å². The number of carbonyl (C=O) groups excluding carboxylic acids is 2. The van der Waals surface area contributed by atoms with Gasteiger partial charge >= 0.3 is 0 Å². The van der Waals surface area contributed by atoms with Crippen molar-refractivity contribution in [2.75, 3.05) is 11.5 Å². The Morgan fingerprint density at radius 2 is 1.71 bits per heavy atom. The first kappa shape index (κ1) is 19.8. The minimum Gasteiger partial charge on any atom is -0.494 e. The van der Waals surface area contributed by atoms with Crippen LogP contribution >= 0.6 is 12.2 Å². The number of carbonyl (C=O) groups is 2. The highest BCUT2D eigenvalue weighted by Crippen LogP contribution is 2.24. The second-order valence-corrected chi connectivity index (χ2v) is 7.11. The SMILES string of the molecule is CCCOc1ccc(/C=C2\C(=O)NC(=S)N(c3cc(C)cc(C)c3)C2=O)cc1. The molecule has 0 bridgehead atoms. The van der Waals surface area contributed by atoms with E-state index in [0.29, 0.717) is 12.3 Å². The zero-order valence-electron chi connectivity index (χ0n) is 16.1. The van der Waals surface area contributed by atoms with E-state index >= 15 is 0 Å². The number of anilines is 1. The Kier molecular flexibility index (Phi) is 5.90. The first-order chi connectivity index (χ1) is 13.4. The van der Waals surface area contributed by atoms with E-state index in [1.54, 1.807) is 6.08 Å².